The molecule has 0 saturated carbocycles. The Morgan fingerprint density at radius 1 is 0.469 bits per heavy atom. The number of amides is 2. The maximum Gasteiger partial charge on any atom is 0.237 e. The van der Waals surface area contributed by atoms with Crippen LogP contribution in [0.5, 0.6) is 0 Å². The number of carbonyl (C=O) groups excluding carboxylic acids is 2. The van der Waals surface area contributed by atoms with E-state index in [1.165, 1.54) is 77.0 Å². The first-order chi connectivity index (χ1) is 15.6. The third-order valence-corrected chi connectivity index (χ3v) is 6.59. The van der Waals surface area contributed by atoms with Crippen molar-refractivity contribution in [2.24, 2.45) is 0 Å². The lowest BCUT2D eigenvalue weighted by molar-refractivity contribution is -0.132. The summed E-state index contributed by atoms with van der Waals surface area (Å²) in [5.74, 6) is -0.0864. The quantitative estimate of drug-likeness (QED) is 0.110. The van der Waals surface area contributed by atoms with Crippen molar-refractivity contribution >= 4 is 35.0 Å². The fraction of sp³-hybridized carbons (Fsp3) is 0.923. The first kappa shape index (κ1) is 31.5. The van der Waals surface area contributed by atoms with Crippen molar-refractivity contribution in [2.45, 2.75) is 117 Å². The van der Waals surface area contributed by atoms with Crippen LogP contribution >= 0.6 is 23.2 Å². The molecule has 6 heteroatoms. The molecule has 0 rings (SSSR count). The van der Waals surface area contributed by atoms with Crippen LogP contribution in [0.3, 0.4) is 0 Å². The van der Waals surface area contributed by atoms with Gasteiger partial charge in [0, 0.05) is 26.2 Å². The second kappa shape index (κ2) is 23.7. The molecule has 0 aromatic carbocycles. The summed E-state index contributed by atoms with van der Waals surface area (Å²) in [7, 11) is 0. The number of hydrogen-bond acceptors (Lipinski definition) is 2. The molecule has 0 fully saturated rings. The zero-order chi connectivity index (χ0) is 23.9. The van der Waals surface area contributed by atoms with Gasteiger partial charge in [0.15, 0.2) is 0 Å². The van der Waals surface area contributed by atoms with Crippen LogP contribution in [0, 0.1) is 0 Å². The number of unbranched alkanes of at least 4 members (excludes halogenated alkanes) is 14. The van der Waals surface area contributed by atoms with Crippen LogP contribution in [0.1, 0.15) is 117 Å². The summed E-state index contributed by atoms with van der Waals surface area (Å²) in [6.07, 6.45) is 19.8. The Kier molecular flexibility index (Phi) is 23.3. The SMILES string of the molecule is CCCCCCCCCCN(CCN(CCCCCCCCCC)C(=O)CCl)C(=O)CCl. The Morgan fingerprint density at radius 3 is 1.03 bits per heavy atom. The van der Waals surface area contributed by atoms with Crippen molar-refractivity contribution in [3.05, 3.63) is 0 Å². The Balaban J connectivity index is 4.24. The summed E-state index contributed by atoms with van der Waals surface area (Å²) in [6, 6.07) is 0. The van der Waals surface area contributed by atoms with Gasteiger partial charge in [0.1, 0.15) is 11.8 Å². The molecule has 32 heavy (non-hydrogen) atoms. The molecule has 0 N–H and O–H groups in total. The molecule has 0 aliphatic carbocycles. The molecule has 0 spiro atoms. The molecular formula is C26H50Cl2N2O2. The predicted molar refractivity (Wildman–Crippen MR) is 140 cm³/mol. The van der Waals surface area contributed by atoms with E-state index in [1.54, 1.807) is 0 Å². The number of rotatable bonds is 23. The average Bonchev–Trinajstić information content (AvgIpc) is 2.81. The van der Waals surface area contributed by atoms with Crippen LogP contribution in [0.15, 0.2) is 0 Å². The summed E-state index contributed by atoms with van der Waals surface area (Å²) < 4.78 is 0. The standard InChI is InChI=1S/C26H50Cl2N2O2/c1-3-5-7-9-11-13-15-17-19-29(25(31)23-27)21-22-30(26(32)24-28)20-18-16-14-12-10-8-6-4-2/h3-24H2,1-2H3. The van der Waals surface area contributed by atoms with Crippen LogP contribution in [0.2, 0.25) is 0 Å². The van der Waals surface area contributed by atoms with E-state index >= 15 is 0 Å². The van der Waals surface area contributed by atoms with Crippen LogP contribution in [-0.4, -0.2) is 59.6 Å². The van der Waals surface area contributed by atoms with E-state index in [0.29, 0.717) is 13.1 Å². The zero-order valence-corrected chi connectivity index (χ0v) is 22.5. The minimum absolute atomic E-state index is 0.00149. The van der Waals surface area contributed by atoms with Crippen molar-refractivity contribution in [1.82, 2.24) is 9.80 Å². The van der Waals surface area contributed by atoms with E-state index in [0.717, 1.165) is 38.8 Å². The first-order valence-electron chi connectivity index (χ1n) is 13.3. The normalized spacial score (nSPS) is 11.0. The number of carbonyl (C=O) groups is 2. The number of nitrogens with zero attached hydrogens (tertiary/aromatic N) is 2. The fourth-order valence-corrected chi connectivity index (χ4v) is 4.34. The van der Waals surface area contributed by atoms with E-state index in [-0.39, 0.29) is 23.6 Å². The molecule has 190 valence electrons. The lowest BCUT2D eigenvalue weighted by Gasteiger charge is -2.27. The molecule has 0 aliphatic rings. The van der Waals surface area contributed by atoms with Gasteiger partial charge in [-0.05, 0) is 12.8 Å². The topological polar surface area (TPSA) is 40.6 Å². The van der Waals surface area contributed by atoms with Crippen LogP contribution < -0.4 is 0 Å². The zero-order valence-electron chi connectivity index (χ0n) is 21.0. The summed E-state index contributed by atoms with van der Waals surface area (Å²) in [6.45, 7) is 7.01. The van der Waals surface area contributed by atoms with Gasteiger partial charge in [0.2, 0.25) is 11.8 Å². The second-order valence-electron chi connectivity index (χ2n) is 8.98. The Labute approximate surface area is 208 Å². The average molecular weight is 494 g/mol. The monoisotopic (exact) mass is 492 g/mol. The smallest absolute Gasteiger partial charge is 0.237 e. The number of hydrogen-bond donors (Lipinski definition) is 0. The maximum absolute atomic E-state index is 12.3. The molecule has 0 radical (unpaired) electrons. The van der Waals surface area contributed by atoms with Gasteiger partial charge in [0.25, 0.3) is 0 Å². The van der Waals surface area contributed by atoms with Crippen molar-refractivity contribution in [2.75, 3.05) is 37.9 Å². The molecule has 0 bridgehead atoms. The van der Waals surface area contributed by atoms with Crippen LogP contribution in [0.4, 0.5) is 0 Å². The van der Waals surface area contributed by atoms with E-state index in [4.69, 9.17) is 23.2 Å². The molecule has 0 saturated heterocycles. The Bertz CT molecular complexity index is 410. The predicted octanol–water partition coefficient (Wildman–Crippen LogP) is 7.40. The second-order valence-corrected chi connectivity index (χ2v) is 9.51. The minimum atomic E-state index is -0.0417. The number of halogens is 2. The molecule has 2 amide bonds. The van der Waals surface area contributed by atoms with Gasteiger partial charge in [-0.25, -0.2) is 0 Å². The lowest BCUT2D eigenvalue weighted by atomic mass is 10.1. The van der Waals surface area contributed by atoms with Gasteiger partial charge in [-0.15, -0.1) is 23.2 Å². The highest BCUT2D eigenvalue weighted by molar-refractivity contribution is 6.27. The molecule has 0 atom stereocenters. The summed E-state index contributed by atoms with van der Waals surface area (Å²) in [4.78, 5) is 28.2. The summed E-state index contributed by atoms with van der Waals surface area (Å²) in [5, 5.41) is 0. The van der Waals surface area contributed by atoms with Crippen molar-refractivity contribution < 1.29 is 9.59 Å². The molecule has 0 unspecified atom stereocenters. The summed E-state index contributed by atoms with van der Waals surface area (Å²) in [5.41, 5.74) is 0. The molecule has 4 nitrogen and oxygen atoms in total. The molecule has 0 aliphatic heterocycles. The minimum Gasteiger partial charge on any atom is -0.340 e. The van der Waals surface area contributed by atoms with E-state index in [2.05, 4.69) is 13.8 Å². The van der Waals surface area contributed by atoms with Crippen LogP contribution in [-0.2, 0) is 9.59 Å². The van der Waals surface area contributed by atoms with Crippen molar-refractivity contribution in [1.29, 1.82) is 0 Å². The first-order valence-corrected chi connectivity index (χ1v) is 14.3. The van der Waals surface area contributed by atoms with E-state index in [1.807, 2.05) is 9.80 Å². The lowest BCUT2D eigenvalue weighted by Crippen LogP contribution is -2.42. The maximum atomic E-state index is 12.3. The fourth-order valence-electron chi connectivity index (χ4n) is 4.01. The highest BCUT2D eigenvalue weighted by Crippen LogP contribution is 2.11. The highest BCUT2D eigenvalue weighted by Gasteiger charge is 2.17. The molecular weight excluding hydrogens is 443 g/mol. The highest BCUT2D eigenvalue weighted by atomic mass is 35.5. The Morgan fingerprint density at radius 2 is 0.750 bits per heavy atom. The molecule has 0 aromatic heterocycles. The van der Waals surface area contributed by atoms with Crippen LogP contribution in [0.25, 0.3) is 0 Å². The number of alkyl halides is 2. The van der Waals surface area contributed by atoms with E-state index in [9.17, 15) is 9.59 Å². The Hall–Kier alpha value is -0.480. The van der Waals surface area contributed by atoms with E-state index < -0.39 is 0 Å². The summed E-state index contributed by atoms with van der Waals surface area (Å²) >= 11 is 11.7. The third kappa shape index (κ3) is 18.0. The van der Waals surface area contributed by atoms with Crippen molar-refractivity contribution in [3.63, 3.8) is 0 Å². The largest absolute Gasteiger partial charge is 0.340 e. The van der Waals surface area contributed by atoms with Gasteiger partial charge in [-0.1, -0.05) is 104 Å². The van der Waals surface area contributed by atoms with Gasteiger partial charge >= 0.3 is 0 Å². The molecule has 0 heterocycles. The van der Waals surface area contributed by atoms with Gasteiger partial charge in [-0.3, -0.25) is 9.59 Å². The third-order valence-electron chi connectivity index (χ3n) is 6.14. The molecule has 0 aromatic rings. The van der Waals surface area contributed by atoms with Gasteiger partial charge in [-0.2, -0.15) is 0 Å². The van der Waals surface area contributed by atoms with Crippen molar-refractivity contribution in [3.8, 4) is 0 Å². The van der Waals surface area contributed by atoms with Gasteiger partial charge in [0.05, 0.1) is 0 Å². The van der Waals surface area contributed by atoms with Gasteiger partial charge < -0.3 is 9.80 Å².